The number of aromatic nitrogens is 2. The van der Waals surface area contributed by atoms with Gasteiger partial charge in [0.05, 0.1) is 26.6 Å². The van der Waals surface area contributed by atoms with E-state index in [0.29, 0.717) is 37.5 Å². The van der Waals surface area contributed by atoms with Gasteiger partial charge in [0.2, 0.25) is 0 Å². The summed E-state index contributed by atoms with van der Waals surface area (Å²) in [4.78, 5) is 17.8. The second-order valence-corrected chi connectivity index (χ2v) is 7.70. The van der Waals surface area contributed by atoms with Crippen LogP contribution in [0.15, 0.2) is 81.1 Å². The number of nitriles is 1. The molecule has 1 aromatic heterocycles. The Hall–Kier alpha value is -3.47. The van der Waals surface area contributed by atoms with E-state index in [4.69, 9.17) is 21.6 Å². The van der Waals surface area contributed by atoms with Crippen LogP contribution in [0.25, 0.3) is 22.3 Å². The van der Waals surface area contributed by atoms with E-state index < -0.39 is 0 Å². The van der Waals surface area contributed by atoms with Crippen LogP contribution in [0, 0.1) is 11.3 Å². The zero-order chi connectivity index (χ0) is 21.8. The van der Waals surface area contributed by atoms with E-state index in [9.17, 15) is 4.79 Å². The standard InChI is InChI=1S/C23H14BrClN4O2/c24-18-12-15(13-19(25)21(18)31-11-10-26)14-27-29-22(16-6-2-1-3-7-16)28-20-9-5-4-8-17(20)23(29)30/h1-9,12-14H,11H2. The highest BCUT2D eigenvalue weighted by atomic mass is 79.9. The molecule has 0 aliphatic rings. The van der Waals surface area contributed by atoms with Crippen molar-refractivity contribution >= 4 is 44.6 Å². The van der Waals surface area contributed by atoms with E-state index in [1.807, 2.05) is 42.5 Å². The Morgan fingerprint density at radius 3 is 2.65 bits per heavy atom. The van der Waals surface area contributed by atoms with Gasteiger partial charge in [0.15, 0.2) is 18.2 Å². The summed E-state index contributed by atoms with van der Waals surface area (Å²) in [6.07, 6.45) is 1.52. The fraction of sp³-hybridized carbons (Fsp3) is 0.0435. The molecule has 6 nitrogen and oxygen atoms in total. The van der Waals surface area contributed by atoms with Crippen molar-refractivity contribution in [3.05, 3.63) is 92.1 Å². The van der Waals surface area contributed by atoms with Crippen LogP contribution >= 0.6 is 27.5 Å². The predicted octanol–water partition coefficient (Wildman–Crippen LogP) is 5.26. The number of rotatable bonds is 5. The summed E-state index contributed by atoms with van der Waals surface area (Å²) in [6.45, 7) is -0.121. The molecule has 0 N–H and O–H groups in total. The van der Waals surface area contributed by atoms with E-state index in [2.05, 4.69) is 26.0 Å². The number of para-hydroxylation sites is 1. The maximum Gasteiger partial charge on any atom is 0.282 e. The number of hydrogen-bond acceptors (Lipinski definition) is 5. The molecule has 4 rings (SSSR count). The molecule has 1 heterocycles. The Morgan fingerprint density at radius 2 is 1.90 bits per heavy atom. The molecule has 0 saturated carbocycles. The van der Waals surface area contributed by atoms with Gasteiger partial charge in [0.1, 0.15) is 6.07 Å². The maximum absolute atomic E-state index is 13.2. The lowest BCUT2D eigenvalue weighted by atomic mass is 10.2. The Balaban J connectivity index is 1.83. The smallest absolute Gasteiger partial charge is 0.282 e. The van der Waals surface area contributed by atoms with Crippen molar-refractivity contribution in [3.8, 4) is 23.2 Å². The summed E-state index contributed by atoms with van der Waals surface area (Å²) in [5.74, 6) is 0.801. The largest absolute Gasteiger partial charge is 0.476 e. The van der Waals surface area contributed by atoms with Gasteiger partial charge in [-0.05, 0) is 45.8 Å². The summed E-state index contributed by atoms with van der Waals surface area (Å²) in [6, 6.07) is 21.8. The lowest BCUT2D eigenvalue weighted by Gasteiger charge is -2.10. The topological polar surface area (TPSA) is 80.3 Å². The van der Waals surface area contributed by atoms with Crippen LogP contribution in [-0.2, 0) is 0 Å². The van der Waals surface area contributed by atoms with Crippen molar-refractivity contribution in [1.82, 2.24) is 9.66 Å². The van der Waals surface area contributed by atoms with Crippen LogP contribution in [0.5, 0.6) is 5.75 Å². The fourth-order valence-corrected chi connectivity index (χ4v) is 4.01. The Kier molecular flexibility index (Phi) is 6.12. The molecule has 8 heteroatoms. The van der Waals surface area contributed by atoms with Gasteiger partial charge in [-0.3, -0.25) is 4.79 Å². The van der Waals surface area contributed by atoms with Crippen LogP contribution in [0.1, 0.15) is 5.56 Å². The highest BCUT2D eigenvalue weighted by Crippen LogP contribution is 2.34. The van der Waals surface area contributed by atoms with Crippen molar-refractivity contribution in [2.45, 2.75) is 0 Å². The number of halogens is 2. The van der Waals surface area contributed by atoms with E-state index in [1.54, 1.807) is 30.3 Å². The molecule has 0 atom stereocenters. The molecule has 0 aliphatic carbocycles. The summed E-state index contributed by atoms with van der Waals surface area (Å²) in [5, 5.41) is 13.9. The molecular weight excluding hydrogens is 480 g/mol. The number of nitrogens with zero attached hydrogens (tertiary/aromatic N) is 4. The summed E-state index contributed by atoms with van der Waals surface area (Å²) < 4.78 is 7.18. The molecule has 152 valence electrons. The highest BCUT2D eigenvalue weighted by molar-refractivity contribution is 9.10. The third-order valence-corrected chi connectivity index (χ3v) is 5.28. The van der Waals surface area contributed by atoms with Crippen LogP contribution in [0.4, 0.5) is 0 Å². The lowest BCUT2D eigenvalue weighted by molar-refractivity contribution is 0.366. The second kappa shape index (κ2) is 9.13. The fourth-order valence-electron chi connectivity index (χ4n) is 3.03. The van der Waals surface area contributed by atoms with Gasteiger partial charge in [0, 0.05) is 5.56 Å². The first-order valence-electron chi connectivity index (χ1n) is 9.19. The molecule has 0 radical (unpaired) electrons. The Morgan fingerprint density at radius 1 is 1.16 bits per heavy atom. The van der Waals surface area contributed by atoms with Gasteiger partial charge in [-0.25, -0.2) is 4.98 Å². The second-order valence-electron chi connectivity index (χ2n) is 6.44. The number of ether oxygens (including phenoxy) is 1. The summed E-state index contributed by atoms with van der Waals surface area (Å²) >= 11 is 9.67. The maximum atomic E-state index is 13.2. The van der Waals surface area contributed by atoms with Crippen LogP contribution in [-0.4, -0.2) is 22.5 Å². The molecule has 0 unspecified atom stereocenters. The normalized spacial score (nSPS) is 11.0. The molecule has 0 fully saturated rings. The van der Waals surface area contributed by atoms with Crippen molar-refractivity contribution < 1.29 is 4.74 Å². The van der Waals surface area contributed by atoms with Gasteiger partial charge in [0.25, 0.3) is 5.56 Å². The zero-order valence-corrected chi connectivity index (χ0v) is 18.3. The average molecular weight is 494 g/mol. The minimum absolute atomic E-state index is 0.121. The molecule has 0 saturated heterocycles. The third kappa shape index (κ3) is 4.36. The van der Waals surface area contributed by atoms with E-state index >= 15 is 0 Å². The van der Waals surface area contributed by atoms with Crippen molar-refractivity contribution in [2.24, 2.45) is 5.10 Å². The van der Waals surface area contributed by atoms with E-state index in [0.717, 1.165) is 5.56 Å². The molecule has 0 amide bonds. The summed E-state index contributed by atoms with van der Waals surface area (Å²) in [5.41, 5.74) is 1.73. The van der Waals surface area contributed by atoms with Gasteiger partial charge in [-0.15, -0.1) is 0 Å². The minimum atomic E-state index is -0.278. The van der Waals surface area contributed by atoms with Gasteiger partial charge in [-0.2, -0.15) is 15.0 Å². The number of hydrogen-bond donors (Lipinski definition) is 0. The van der Waals surface area contributed by atoms with E-state index in [-0.39, 0.29) is 12.2 Å². The van der Waals surface area contributed by atoms with Crippen LogP contribution in [0.3, 0.4) is 0 Å². The van der Waals surface area contributed by atoms with Crippen molar-refractivity contribution in [1.29, 1.82) is 5.26 Å². The molecule has 0 bridgehead atoms. The van der Waals surface area contributed by atoms with Crippen LogP contribution < -0.4 is 10.3 Å². The van der Waals surface area contributed by atoms with Crippen molar-refractivity contribution in [3.63, 3.8) is 0 Å². The van der Waals surface area contributed by atoms with Crippen LogP contribution in [0.2, 0.25) is 5.02 Å². The number of fused-ring (bicyclic) bond motifs is 1. The minimum Gasteiger partial charge on any atom is -0.476 e. The molecule has 3 aromatic carbocycles. The first kappa shape index (κ1) is 20.8. The molecular formula is C23H14BrClN4O2. The lowest BCUT2D eigenvalue weighted by Crippen LogP contribution is -2.20. The highest BCUT2D eigenvalue weighted by Gasteiger charge is 2.13. The third-order valence-electron chi connectivity index (χ3n) is 4.41. The molecule has 31 heavy (non-hydrogen) atoms. The van der Waals surface area contributed by atoms with Gasteiger partial charge >= 0.3 is 0 Å². The van der Waals surface area contributed by atoms with Crippen molar-refractivity contribution in [2.75, 3.05) is 6.61 Å². The quantitative estimate of drug-likeness (QED) is 0.355. The van der Waals surface area contributed by atoms with Gasteiger partial charge in [-0.1, -0.05) is 54.1 Å². The Labute approximate surface area is 191 Å². The first-order chi connectivity index (χ1) is 15.1. The SMILES string of the molecule is N#CCOc1c(Cl)cc(C=Nn2c(-c3ccccc3)nc3ccccc3c2=O)cc1Br. The monoisotopic (exact) mass is 492 g/mol. The van der Waals surface area contributed by atoms with Gasteiger partial charge < -0.3 is 4.74 Å². The molecule has 0 spiro atoms. The summed E-state index contributed by atoms with van der Waals surface area (Å²) in [7, 11) is 0. The molecule has 0 aliphatic heterocycles. The predicted molar refractivity (Wildman–Crippen MR) is 125 cm³/mol. The number of benzene rings is 3. The zero-order valence-electron chi connectivity index (χ0n) is 16.0. The average Bonchev–Trinajstić information content (AvgIpc) is 2.78. The molecule has 4 aromatic rings. The Bertz CT molecular complexity index is 1370. The van der Waals surface area contributed by atoms with E-state index in [1.165, 1.54) is 10.9 Å². The first-order valence-corrected chi connectivity index (χ1v) is 10.4.